The number of para-hydroxylation sites is 1. The minimum Gasteiger partial charge on any atom is -0.497 e. The van der Waals surface area contributed by atoms with E-state index in [0.717, 1.165) is 0 Å². The van der Waals surface area contributed by atoms with Crippen molar-refractivity contribution in [2.24, 2.45) is 0 Å². The molecule has 2 aromatic rings. The fourth-order valence-corrected chi connectivity index (χ4v) is 1.89. The number of anilines is 2. The summed E-state index contributed by atoms with van der Waals surface area (Å²) in [6.45, 7) is -0.0682. The third-order valence-electron chi connectivity index (χ3n) is 2.99. The number of benzene rings is 2. The van der Waals surface area contributed by atoms with Crippen molar-refractivity contribution < 1.29 is 18.7 Å². The third-order valence-corrected chi connectivity index (χ3v) is 2.99. The quantitative estimate of drug-likeness (QED) is 0.861. The van der Waals surface area contributed by atoms with E-state index >= 15 is 0 Å². The minimum atomic E-state index is -0.408. The highest BCUT2D eigenvalue weighted by Crippen LogP contribution is 2.28. The minimum absolute atomic E-state index is 0.0682. The van der Waals surface area contributed by atoms with Gasteiger partial charge < -0.3 is 20.1 Å². The number of carbonyl (C=O) groups is 1. The Labute approximate surface area is 128 Å². The molecule has 6 heteroatoms. The zero-order chi connectivity index (χ0) is 15.9. The van der Waals surface area contributed by atoms with Crippen LogP contribution in [0.4, 0.5) is 15.8 Å². The first-order chi connectivity index (χ1) is 10.6. The average Bonchev–Trinajstić information content (AvgIpc) is 2.54. The Hall–Kier alpha value is -2.76. The molecule has 0 spiro atoms. The average molecular weight is 304 g/mol. The maximum absolute atomic E-state index is 13.5. The van der Waals surface area contributed by atoms with Crippen molar-refractivity contribution in [3.8, 4) is 11.5 Å². The van der Waals surface area contributed by atoms with E-state index in [-0.39, 0.29) is 18.1 Å². The molecule has 0 aliphatic rings. The summed E-state index contributed by atoms with van der Waals surface area (Å²) in [6.07, 6.45) is 0. The van der Waals surface area contributed by atoms with Gasteiger partial charge in [-0.25, -0.2) is 4.39 Å². The molecule has 0 unspecified atom stereocenters. The summed E-state index contributed by atoms with van der Waals surface area (Å²) >= 11 is 0. The Bertz CT molecular complexity index is 662. The van der Waals surface area contributed by atoms with Gasteiger partial charge in [0, 0.05) is 6.07 Å². The summed E-state index contributed by atoms with van der Waals surface area (Å²) in [6, 6.07) is 11.2. The molecule has 0 aromatic heterocycles. The summed E-state index contributed by atoms with van der Waals surface area (Å²) in [7, 11) is 3.04. The van der Waals surface area contributed by atoms with E-state index in [9.17, 15) is 9.18 Å². The molecule has 0 saturated carbocycles. The molecular formula is C16H17FN2O3. The Morgan fingerprint density at radius 3 is 2.55 bits per heavy atom. The van der Waals surface area contributed by atoms with E-state index < -0.39 is 5.82 Å². The number of rotatable bonds is 6. The van der Waals surface area contributed by atoms with Gasteiger partial charge in [-0.1, -0.05) is 12.1 Å². The van der Waals surface area contributed by atoms with Crippen LogP contribution in [0.2, 0.25) is 0 Å². The highest BCUT2D eigenvalue weighted by Gasteiger charge is 2.09. The van der Waals surface area contributed by atoms with Crippen molar-refractivity contribution in [1.82, 2.24) is 0 Å². The summed E-state index contributed by atoms with van der Waals surface area (Å²) in [5.74, 6) is 0.377. The number of amides is 1. The molecule has 0 bridgehead atoms. The van der Waals surface area contributed by atoms with Crippen LogP contribution in [0.5, 0.6) is 11.5 Å². The van der Waals surface area contributed by atoms with Crippen LogP contribution < -0.4 is 20.1 Å². The first kappa shape index (κ1) is 15.6. The van der Waals surface area contributed by atoms with Gasteiger partial charge in [-0.3, -0.25) is 4.79 Å². The third kappa shape index (κ3) is 3.88. The lowest BCUT2D eigenvalue weighted by molar-refractivity contribution is -0.114. The molecule has 0 heterocycles. The van der Waals surface area contributed by atoms with Gasteiger partial charge in [0.25, 0.3) is 0 Å². The molecule has 0 aliphatic carbocycles. The molecule has 0 radical (unpaired) electrons. The van der Waals surface area contributed by atoms with Crippen molar-refractivity contribution in [3.63, 3.8) is 0 Å². The maximum atomic E-state index is 13.5. The summed E-state index contributed by atoms with van der Waals surface area (Å²) < 4.78 is 23.7. The molecule has 0 fully saturated rings. The van der Waals surface area contributed by atoms with Crippen molar-refractivity contribution in [3.05, 3.63) is 48.3 Å². The van der Waals surface area contributed by atoms with Crippen LogP contribution in [0.25, 0.3) is 0 Å². The van der Waals surface area contributed by atoms with Crippen LogP contribution in [0.3, 0.4) is 0 Å². The standard InChI is InChI=1S/C16H17FN2O3/c1-21-11-7-8-15(22-2)14(9-11)19-16(20)10-18-13-6-4-3-5-12(13)17/h3-9,18H,10H2,1-2H3,(H,19,20). The number of halogens is 1. The van der Waals surface area contributed by atoms with E-state index in [1.165, 1.54) is 20.3 Å². The number of ether oxygens (including phenoxy) is 2. The predicted molar refractivity (Wildman–Crippen MR) is 83.1 cm³/mol. The van der Waals surface area contributed by atoms with E-state index in [1.54, 1.807) is 36.4 Å². The van der Waals surface area contributed by atoms with Gasteiger partial charge in [-0.05, 0) is 24.3 Å². The van der Waals surface area contributed by atoms with E-state index in [2.05, 4.69) is 10.6 Å². The van der Waals surface area contributed by atoms with Crippen molar-refractivity contribution in [1.29, 1.82) is 0 Å². The molecule has 2 rings (SSSR count). The Kier molecular flexibility index (Phi) is 5.19. The number of nitrogens with one attached hydrogen (secondary N) is 2. The summed E-state index contributed by atoms with van der Waals surface area (Å²) in [4.78, 5) is 12.0. The summed E-state index contributed by atoms with van der Waals surface area (Å²) in [5.41, 5.74) is 0.762. The number of hydrogen-bond donors (Lipinski definition) is 2. The largest absolute Gasteiger partial charge is 0.497 e. The first-order valence-corrected chi connectivity index (χ1v) is 6.64. The van der Waals surface area contributed by atoms with E-state index in [4.69, 9.17) is 9.47 Å². The molecule has 5 nitrogen and oxygen atoms in total. The van der Waals surface area contributed by atoms with Gasteiger partial charge in [-0.2, -0.15) is 0 Å². The van der Waals surface area contributed by atoms with Crippen molar-refractivity contribution in [2.45, 2.75) is 0 Å². The molecule has 1 amide bonds. The van der Waals surface area contributed by atoms with Crippen LogP contribution in [0, 0.1) is 5.82 Å². The second kappa shape index (κ2) is 7.31. The normalized spacial score (nSPS) is 9.95. The van der Waals surface area contributed by atoms with E-state index in [0.29, 0.717) is 17.2 Å². The Balaban J connectivity index is 2.01. The molecule has 0 saturated heterocycles. The predicted octanol–water partition coefficient (Wildman–Crippen LogP) is 2.89. The molecule has 0 aliphatic heterocycles. The Morgan fingerprint density at radius 1 is 1.09 bits per heavy atom. The van der Waals surface area contributed by atoms with Crippen LogP contribution in [0.15, 0.2) is 42.5 Å². The van der Waals surface area contributed by atoms with Crippen molar-refractivity contribution in [2.75, 3.05) is 31.4 Å². The van der Waals surface area contributed by atoms with E-state index in [1.807, 2.05) is 0 Å². The molecule has 2 aromatic carbocycles. The number of carbonyl (C=O) groups excluding carboxylic acids is 1. The zero-order valence-electron chi connectivity index (χ0n) is 12.4. The van der Waals surface area contributed by atoms with Crippen LogP contribution in [-0.4, -0.2) is 26.7 Å². The lowest BCUT2D eigenvalue weighted by atomic mass is 10.2. The molecule has 22 heavy (non-hydrogen) atoms. The zero-order valence-corrected chi connectivity index (χ0v) is 12.4. The van der Waals surface area contributed by atoms with Gasteiger partial charge in [0.05, 0.1) is 32.1 Å². The maximum Gasteiger partial charge on any atom is 0.243 e. The fraction of sp³-hybridized carbons (Fsp3) is 0.188. The first-order valence-electron chi connectivity index (χ1n) is 6.64. The second-order valence-electron chi connectivity index (χ2n) is 4.45. The van der Waals surface area contributed by atoms with Crippen molar-refractivity contribution >= 4 is 17.3 Å². The van der Waals surface area contributed by atoms with Gasteiger partial charge in [0.2, 0.25) is 5.91 Å². The highest BCUT2D eigenvalue weighted by atomic mass is 19.1. The molecular weight excluding hydrogens is 287 g/mol. The SMILES string of the molecule is COc1ccc(OC)c(NC(=O)CNc2ccccc2F)c1. The fourth-order valence-electron chi connectivity index (χ4n) is 1.89. The Morgan fingerprint density at radius 2 is 1.86 bits per heavy atom. The topological polar surface area (TPSA) is 59.6 Å². The lowest BCUT2D eigenvalue weighted by Crippen LogP contribution is -2.22. The summed E-state index contributed by atoms with van der Waals surface area (Å²) in [5, 5.41) is 5.44. The smallest absolute Gasteiger partial charge is 0.243 e. The van der Waals surface area contributed by atoms with Gasteiger partial charge in [0.15, 0.2) is 0 Å². The number of hydrogen-bond acceptors (Lipinski definition) is 4. The lowest BCUT2D eigenvalue weighted by Gasteiger charge is -2.12. The van der Waals surface area contributed by atoms with Gasteiger partial charge in [-0.15, -0.1) is 0 Å². The number of methoxy groups -OCH3 is 2. The monoisotopic (exact) mass is 304 g/mol. The second-order valence-corrected chi connectivity index (χ2v) is 4.45. The molecule has 0 atom stereocenters. The van der Waals surface area contributed by atoms with Crippen LogP contribution in [0.1, 0.15) is 0 Å². The highest BCUT2D eigenvalue weighted by molar-refractivity contribution is 5.95. The van der Waals surface area contributed by atoms with Gasteiger partial charge >= 0.3 is 0 Å². The van der Waals surface area contributed by atoms with Gasteiger partial charge in [0.1, 0.15) is 17.3 Å². The molecule has 2 N–H and O–H groups in total. The van der Waals surface area contributed by atoms with Crippen LogP contribution >= 0.6 is 0 Å². The van der Waals surface area contributed by atoms with Crippen LogP contribution in [-0.2, 0) is 4.79 Å². The molecule has 116 valence electrons.